The van der Waals surface area contributed by atoms with Crippen LogP contribution in [-0.2, 0) is 0 Å². The Labute approximate surface area is 135 Å². The fourth-order valence-electron chi connectivity index (χ4n) is 2.44. The van der Waals surface area contributed by atoms with Crippen molar-refractivity contribution in [2.45, 2.75) is 0 Å². The third kappa shape index (κ3) is 2.58. The van der Waals surface area contributed by atoms with Gasteiger partial charge >= 0.3 is 0 Å². The number of fused-ring (bicyclic) bond motifs is 1. The van der Waals surface area contributed by atoms with Gasteiger partial charge in [0.1, 0.15) is 11.5 Å². The molecule has 0 bridgehead atoms. The van der Waals surface area contributed by atoms with E-state index in [0.717, 1.165) is 28.8 Å². The summed E-state index contributed by atoms with van der Waals surface area (Å²) in [4.78, 5) is 4.18. The van der Waals surface area contributed by atoms with Gasteiger partial charge in [-0.25, -0.2) is 13.8 Å². The molecule has 0 saturated carbocycles. The number of rotatable bonds is 3. The maximum absolute atomic E-state index is 13.7. The lowest BCUT2D eigenvalue weighted by atomic mass is 10.1. The normalized spacial score (nSPS) is 10.9. The summed E-state index contributed by atoms with van der Waals surface area (Å²) < 4.78 is 32.0. The first-order chi connectivity index (χ1) is 11.7. The minimum absolute atomic E-state index is 0.0916. The van der Waals surface area contributed by atoms with Crippen LogP contribution in [0.3, 0.4) is 0 Å². The number of pyridine rings is 1. The number of ether oxygens (including phenoxy) is 1. The highest BCUT2D eigenvalue weighted by Gasteiger charge is 2.11. The van der Waals surface area contributed by atoms with E-state index in [-0.39, 0.29) is 11.6 Å². The van der Waals surface area contributed by atoms with Gasteiger partial charge < -0.3 is 4.74 Å². The average molecular weight is 323 g/mol. The number of aromatic nitrogens is 3. The van der Waals surface area contributed by atoms with Crippen molar-refractivity contribution < 1.29 is 13.5 Å². The number of nitrogens with one attached hydrogen (secondary N) is 1. The van der Waals surface area contributed by atoms with Crippen LogP contribution in [0.4, 0.5) is 8.78 Å². The SMILES string of the molecule is Fc1ccc(Oc2cc3[nH]nc(-c4ccccc4)c3cn2)c(F)c1. The van der Waals surface area contributed by atoms with Gasteiger partial charge in [-0.2, -0.15) is 5.10 Å². The van der Waals surface area contributed by atoms with Crippen LogP contribution in [0.1, 0.15) is 0 Å². The summed E-state index contributed by atoms with van der Waals surface area (Å²) in [5.74, 6) is -1.35. The molecule has 0 fully saturated rings. The molecule has 2 heterocycles. The monoisotopic (exact) mass is 323 g/mol. The first-order valence-electron chi connectivity index (χ1n) is 7.23. The minimum Gasteiger partial charge on any atom is -0.436 e. The largest absolute Gasteiger partial charge is 0.436 e. The van der Waals surface area contributed by atoms with E-state index in [1.54, 1.807) is 12.3 Å². The molecule has 4 rings (SSSR count). The molecule has 0 aliphatic rings. The topological polar surface area (TPSA) is 50.8 Å². The molecule has 24 heavy (non-hydrogen) atoms. The molecule has 2 aromatic heterocycles. The predicted octanol–water partition coefficient (Wildman–Crippen LogP) is 4.70. The van der Waals surface area contributed by atoms with Crippen molar-refractivity contribution in [3.63, 3.8) is 0 Å². The second-order valence-corrected chi connectivity index (χ2v) is 5.18. The van der Waals surface area contributed by atoms with E-state index in [9.17, 15) is 8.78 Å². The predicted molar refractivity (Wildman–Crippen MR) is 85.8 cm³/mol. The Morgan fingerprint density at radius 1 is 0.958 bits per heavy atom. The van der Waals surface area contributed by atoms with Gasteiger partial charge in [0.15, 0.2) is 11.6 Å². The summed E-state index contributed by atoms with van der Waals surface area (Å²) in [6.07, 6.45) is 1.61. The summed E-state index contributed by atoms with van der Waals surface area (Å²) in [6.45, 7) is 0. The van der Waals surface area contributed by atoms with E-state index in [2.05, 4.69) is 15.2 Å². The molecule has 0 amide bonds. The van der Waals surface area contributed by atoms with Gasteiger partial charge in [-0.15, -0.1) is 0 Å². The van der Waals surface area contributed by atoms with Crippen molar-refractivity contribution in [3.8, 4) is 22.9 Å². The Morgan fingerprint density at radius 3 is 2.58 bits per heavy atom. The quantitative estimate of drug-likeness (QED) is 0.595. The van der Waals surface area contributed by atoms with Gasteiger partial charge in [-0.3, -0.25) is 5.10 Å². The first kappa shape index (κ1) is 14.3. The molecule has 0 spiro atoms. The molecule has 0 unspecified atom stereocenters. The molecule has 2 aromatic carbocycles. The lowest BCUT2D eigenvalue weighted by Gasteiger charge is -2.05. The van der Waals surface area contributed by atoms with E-state index in [1.165, 1.54) is 6.07 Å². The summed E-state index contributed by atoms with van der Waals surface area (Å²) in [5, 5.41) is 8.04. The van der Waals surface area contributed by atoms with Crippen LogP contribution in [0.15, 0.2) is 60.8 Å². The zero-order chi connectivity index (χ0) is 16.5. The Bertz CT molecular complexity index is 1020. The van der Waals surface area contributed by atoms with Crippen LogP contribution in [0.25, 0.3) is 22.2 Å². The highest BCUT2D eigenvalue weighted by atomic mass is 19.1. The van der Waals surface area contributed by atoms with E-state index >= 15 is 0 Å². The van der Waals surface area contributed by atoms with Crippen LogP contribution >= 0.6 is 0 Å². The number of aromatic amines is 1. The molecule has 118 valence electrons. The summed E-state index contributed by atoms with van der Waals surface area (Å²) in [6, 6.07) is 14.4. The Balaban J connectivity index is 1.70. The molecular weight excluding hydrogens is 312 g/mol. The first-order valence-corrected chi connectivity index (χ1v) is 7.23. The number of nitrogens with zero attached hydrogens (tertiary/aromatic N) is 2. The van der Waals surface area contributed by atoms with Crippen molar-refractivity contribution in [2.24, 2.45) is 0 Å². The van der Waals surface area contributed by atoms with Gasteiger partial charge in [0.25, 0.3) is 0 Å². The van der Waals surface area contributed by atoms with Crippen LogP contribution in [0, 0.1) is 11.6 Å². The highest BCUT2D eigenvalue weighted by molar-refractivity contribution is 5.92. The molecule has 1 N–H and O–H groups in total. The van der Waals surface area contributed by atoms with Crippen molar-refractivity contribution in [1.82, 2.24) is 15.2 Å². The fourth-order valence-corrected chi connectivity index (χ4v) is 2.44. The summed E-state index contributed by atoms with van der Waals surface area (Å²) >= 11 is 0. The lowest BCUT2D eigenvalue weighted by molar-refractivity contribution is 0.424. The van der Waals surface area contributed by atoms with Crippen LogP contribution < -0.4 is 4.74 Å². The Kier molecular flexibility index (Phi) is 3.42. The maximum atomic E-state index is 13.7. The van der Waals surface area contributed by atoms with E-state index in [1.807, 2.05) is 30.3 Å². The molecule has 0 radical (unpaired) electrons. The second-order valence-electron chi connectivity index (χ2n) is 5.18. The molecule has 4 aromatic rings. The van der Waals surface area contributed by atoms with Gasteiger partial charge in [0.05, 0.1) is 5.52 Å². The number of hydrogen-bond donors (Lipinski definition) is 1. The van der Waals surface area contributed by atoms with Crippen molar-refractivity contribution >= 4 is 10.9 Å². The number of halogens is 2. The Hall–Kier alpha value is -3.28. The van der Waals surface area contributed by atoms with Crippen LogP contribution in [0.2, 0.25) is 0 Å². The van der Waals surface area contributed by atoms with Gasteiger partial charge in [0.2, 0.25) is 5.88 Å². The van der Waals surface area contributed by atoms with Gasteiger partial charge in [0, 0.05) is 29.3 Å². The zero-order valence-electron chi connectivity index (χ0n) is 12.3. The smallest absolute Gasteiger partial charge is 0.221 e. The molecule has 6 heteroatoms. The van der Waals surface area contributed by atoms with Gasteiger partial charge in [-0.1, -0.05) is 30.3 Å². The number of H-pyrrole nitrogens is 1. The van der Waals surface area contributed by atoms with Gasteiger partial charge in [-0.05, 0) is 12.1 Å². The second kappa shape index (κ2) is 5.73. The molecule has 4 nitrogen and oxygen atoms in total. The van der Waals surface area contributed by atoms with E-state index in [0.29, 0.717) is 5.52 Å². The van der Waals surface area contributed by atoms with Crippen LogP contribution in [-0.4, -0.2) is 15.2 Å². The molecule has 0 aliphatic carbocycles. The van der Waals surface area contributed by atoms with Crippen molar-refractivity contribution in [3.05, 3.63) is 72.4 Å². The lowest BCUT2D eigenvalue weighted by Crippen LogP contribution is -1.91. The number of benzene rings is 2. The Morgan fingerprint density at radius 2 is 1.79 bits per heavy atom. The minimum atomic E-state index is -0.786. The fraction of sp³-hybridized carbons (Fsp3) is 0. The summed E-state index contributed by atoms with van der Waals surface area (Å²) in [7, 11) is 0. The molecule has 0 atom stereocenters. The summed E-state index contributed by atoms with van der Waals surface area (Å²) in [5.41, 5.74) is 2.45. The molecular formula is C18H11F2N3O. The van der Waals surface area contributed by atoms with Crippen LogP contribution in [0.5, 0.6) is 11.6 Å². The average Bonchev–Trinajstić information content (AvgIpc) is 3.01. The molecule has 0 saturated heterocycles. The van der Waals surface area contributed by atoms with E-state index < -0.39 is 11.6 Å². The standard InChI is InChI=1S/C18H11F2N3O/c19-12-6-7-16(14(20)8-12)24-17-9-15-13(10-21-17)18(23-22-15)11-4-2-1-3-5-11/h1-10H,(H,22,23). The third-order valence-electron chi connectivity index (χ3n) is 3.58. The van der Waals surface area contributed by atoms with Crippen molar-refractivity contribution in [2.75, 3.05) is 0 Å². The number of hydrogen-bond acceptors (Lipinski definition) is 3. The highest BCUT2D eigenvalue weighted by Crippen LogP contribution is 2.29. The molecule has 0 aliphatic heterocycles. The maximum Gasteiger partial charge on any atom is 0.221 e. The van der Waals surface area contributed by atoms with Crippen molar-refractivity contribution in [1.29, 1.82) is 0 Å². The van der Waals surface area contributed by atoms with E-state index in [4.69, 9.17) is 4.74 Å². The zero-order valence-corrected chi connectivity index (χ0v) is 12.3. The third-order valence-corrected chi connectivity index (χ3v) is 3.58.